The quantitative estimate of drug-likeness (QED) is 0.542. The molecule has 144 valence electrons. The van der Waals surface area contributed by atoms with Crippen LogP contribution >= 0.6 is 11.3 Å². The van der Waals surface area contributed by atoms with E-state index in [-0.39, 0.29) is 5.97 Å². The van der Waals surface area contributed by atoms with Gasteiger partial charge in [-0.05, 0) is 38.8 Å². The lowest BCUT2D eigenvalue weighted by Gasteiger charge is -2.10. The van der Waals surface area contributed by atoms with Crippen LogP contribution in [0.5, 0.6) is 0 Å². The second-order valence-electron chi connectivity index (χ2n) is 7.11. The molecule has 0 spiro atoms. The number of hydrogen-bond donors (Lipinski definition) is 0. The van der Waals surface area contributed by atoms with E-state index in [2.05, 4.69) is 21.4 Å². The van der Waals surface area contributed by atoms with Gasteiger partial charge in [0.2, 0.25) is 0 Å². The topological polar surface area (TPSA) is 65.0 Å². The Morgan fingerprint density at radius 1 is 1.18 bits per heavy atom. The van der Waals surface area contributed by atoms with Crippen molar-refractivity contribution in [2.45, 2.75) is 45.4 Å². The van der Waals surface area contributed by atoms with Gasteiger partial charge in [-0.2, -0.15) is 0 Å². The molecule has 1 saturated carbocycles. The van der Waals surface area contributed by atoms with Crippen LogP contribution in [0.1, 0.15) is 60.3 Å². The number of carbonyl (C=O) groups excluding carboxylic acids is 1. The predicted octanol–water partition coefficient (Wildman–Crippen LogP) is 5.41. The van der Waals surface area contributed by atoms with Crippen molar-refractivity contribution in [1.29, 1.82) is 0 Å². The molecule has 3 aromatic rings. The van der Waals surface area contributed by atoms with Gasteiger partial charge < -0.3 is 4.74 Å². The van der Waals surface area contributed by atoms with Gasteiger partial charge in [0.15, 0.2) is 0 Å². The maximum Gasteiger partial charge on any atom is 0.339 e. The first-order chi connectivity index (χ1) is 13.7. The van der Waals surface area contributed by atoms with Crippen molar-refractivity contribution < 1.29 is 9.53 Å². The van der Waals surface area contributed by atoms with Gasteiger partial charge in [-0.3, -0.25) is 9.97 Å². The van der Waals surface area contributed by atoms with Gasteiger partial charge >= 0.3 is 5.97 Å². The van der Waals surface area contributed by atoms with Gasteiger partial charge in [0, 0.05) is 52.3 Å². The normalized spacial score (nSPS) is 14.4. The molecule has 0 atom stereocenters. The van der Waals surface area contributed by atoms with Gasteiger partial charge in [-0.25, -0.2) is 9.78 Å². The molecule has 0 aliphatic heterocycles. The minimum Gasteiger partial charge on any atom is -0.462 e. The Hall–Kier alpha value is -2.60. The minimum absolute atomic E-state index is 0.337. The zero-order chi connectivity index (χ0) is 19.5. The average molecular weight is 394 g/mol. The molecule has 0 N–H and O–H groups in total. The monoisotopic (exact) mass is 393 g/mol. The summed E-state index contributed by atoms with van der Waals surface area (Å²) in [5, 5.41) is 3.18. The molecule has 4 rings (SSSR count). The van der Waals surface area contributed by atoms with Crippen LogP contribution in [-0.4, -0.2) is 27.5 Å². The van der Waals surface area contributed by atoms with Gasteiger partial charge in [-0.1, -0.05) is 12.8 Å². The van der Waals surface area contributed by atoms with Crippen LogP contribution in [0, 0.1) is 6.92 Å². The molecule has 0 saturated heterocycles. The fourth-order valence-electron chi connectivity index (χ4n) is 3.70. The molecular formula is C22H23N3O2S. The molecular weight excluding hydrogens is 370 g/mol. The van der Waals surface area contributed by atoms with Crippen molar-refractivity contribution in [3.8, 4) is 21.7 Å². The first-order valence-corrected chi connectivity index (χ1v) is 10.6. The summed E-state index contributed by atoms with van der Waals surface area (Å²) < 4.78 is 5.11. The third-order valence-electron chi connectivity index (χ3n) is 5.13. The summed E-state index contributed by atoms with van der Waals surface area (Å²) in [6.07, 6.45) is 10.2. The highest BCUT2D eigenvalue weighted by molar-refractivity contribution is 7.13. The minimum atomic E-state index is -0.365. The molecule has 0 aromatic carbocycles. The molecule has 1 fully saturated rings. The number of carbonyl (C=O) groups is 1. The average Bonchev–Trinajstić information content (AvgIpc) is 3.40. The summed E-state index contributed by atoms with van der Waals surface area (Å²) in [6, 6.07) is 3.87. The zero-order valence-electron chi connectivity index (χ0n) is 16.1. The Balaban J connectivity index is 1.73. The number of hydrogen-bond acceptors (Lipinski definition) is 6. The smallest absolute Gasteiger partial charge is 0.339 e. The van der Waals surface area contributed by atoms with E-state index in [4.69, 9.17) is 9.72 Å². The standard InChI is InChI=1S/C22H23N3O2S/c1-3-27-22(26)17-9-16(10-23-11-17)19-12-24-14(2)8-18(19)21-25-20(13-28-21)15-6-4-5-7-15/h8-13,15H,3-7H2,1-2H3. The van der Waals surface area contributed by atoms with Crippen molar-refractivity contribution >= 4 is 17.3 Å². The maximum absolute atomic E-state index is 12.1. The molecule has 1 aliphatic rings. The highest BCUT2D eigenvalue weighted by atomic mass is 32.1. The maximum atomic E-state index is 12.1. The van der Waals surface area contributed by atoms with Crippen molar-refractivity contribution in [2.75, 3.05) is 6.61 Å². The van der Waals surface area contributed by atoms with E-state index in [1.807, 2.05) is 19.2 Å². The molecule has 0 radical (unpaired) electrons. The molecule has 0 unspecified atom stereocenters. The number of thiazole rings is 1. The lowest BCUT2D eigenvalue weighted by molar-refractivity contribution is 0.0526. The highest BCUT2D eigenvalue weighted by Crippen LogP contribution is 2.39. The van der Waals surface area contributed by atoms with Crippen LogP contribution < -0.4 is 0 Å². The molecule has 0 bridgehead atoms. The van der Waals surface area contributed by atoms with E-state index in [0.717, 1.165) is 27.4 Å². The van der Waals surface area contributed by atoms with E-state index in [1.54, 1.807) is 24.5 Å². The number of ether oxygens (including phenoxy) is 1. The molecule has 3 heterocycles. The number of rotatable bonds is 5. The first-order valence-electron chi connectivity index (χ1n) is 9.70. The lowest BCUT2D eigenvalue weighted by atomic mass is 10.0. The molecule has 3 aromatic heterocycles. The van der Waals surface area contributed by atoms with E-state index in [0.29, 0.717) is 18.1 Å². The fourth-order valence-corrected chi connectivity index (χ4v) is 4.63. The number of pyridine rings is 2. The second kappa shape index (κ2) is 8.19. The summed E-state index contributed by atoms with van der Waals surface area (Å²) in [5.41, 5.74) is 5.38. The Labute approximate surface area is 168 Å². The largest absolute Gasteiger partial charge is 0.462 e. The van der Waals surface area contributed by atoms with Gasteiger partial charge in [0.25, 0.3) is 0 Å². The summed E-state index contributed by atoms with van der Waals surface area (Å²) in [4.78, 5) is 25.8. The number of aryl methyl sites for hydroxylation is 1. The second-order valence-corrected chi connectivity index (χ2v) is 7.97. The van der Waals surface area contributed by atoms with E-state index < -0.39 is 0 Å². The van der Waals surface area contributed by atoms with Crippen molar-refractivity contribution in [3.63, 3.8) is 0 Å². The number of esters is 1. The fraction of sp³-hybridized carbons (Fsp3) is 0.364. The van der Waals surface area contributed by atoms with Crippen molar-refractivity contribution in [3.05, 3.63) is 53.1 Å². The number of nitrogens with zero attached hydrogens (tertiary/aromatic N) is 3. The predicted molar refractivity (Wildman–Crippen MR) is 110 cm³/mol. The van der Waals surface area contributed by atoms with E-state index >= 15 is 0 Å². The van der Waals surface area contributed by atoms with Crippen LogP contribution in [0.3, 0.4) is 0 Å². The number of aromatic nitrogens is 3. The zero-order valence-corrected chi connectivity index (χ0v) is 17.0. The van der Waals surface area contributed by atoms with Crippen LogP contribution in [0.15, 0.2) is 36.1 Å². The molecule has 5 nitrogen and oxygen atoms in total. The Bertz CT molecular complexity index is 993. The van der Waals surface area contributed by atoms with Crippen molar-refractivity contribution in [1.82, 2.24) is 15.0 Å². The third-order valence-corrected chi connectivity index (χ3v) is 6.02. The third kappa shape index (κ3) is 3.83. The summed E-state index contributed by atoms with van der Waals surface area (Å²) in [5.74, 6) is 0.224. The molecule has 28 heavy (non-hydrogen) atoms. The van der Waals surface area contributed by atoms with Crippen molar-refractivity contribution in [2.24, 2.45) is 0 Å². The summed E-state index contributed by atoms with van der Waals surface area (Å²) >= 11 is 1.67. The first kappa shape index (κ1) is 18.7. The molecule has 1 aliphatic carbocycles. The van der Waals surface area contributed by atoms with Crippen LogP contribution in [-0.2, 0) is 4.74 Å². The molecule has 0 amide bonds. The SMILES string of the molecule is CCOC(=O)c1cncc(-c2cnc(C)cc2-c2nc(C3CCCC3)cs2)c1. The van der Waals surface area contributed by atoms with Gasteiger partial charge in [-0.15, -0.1) is 11.3 Å². The summed E-state index contributed by atoms with van der Waals surface area (Å²) in [6.45, 7) is 4.11. The summed E-state index contributed by atoms with van der Waals surface area (Å²) in [7, 11) is 0. The van der Waals surface area contributed by atoms with Crippen LogP contribution in [0.25, 0.3) is 21.7 Å². The van der Waals surface area contributed by atoms with E-state index in [1.165, 1.54) is 37.6 Å². The highest BCUT2D eigenvalue weighted by Gasteiger charge is 2.21. The van der Waals surface area contributed by atoms with Crippen LogP contribution in [0.2, 0.25) is 0 Å². The van der Waals surface area contributed by atoms with Gasteiger partial charge in [0.05, 0.1) is 17.9 Å². The Kier molecular flexibility index (Phi) is 5.48. The lowest BCUT2D eigenvalue weighted by Crippen LogP contribution is -2.05. The van der Waals surface area contributed by atoms with Crippen LogP contribution in [0.4, 0.5) is 0 Å². The molecule has 6 heteroatoms. The Morgan fingerprint density at radius 2 is 2.00 bits per heavy atom. The van der Waals surface area contributed by atoms with Gasteiger partial charge in [0.1, 0.15) is 5.01 Å². The van der Waals surface area contributed by atoms with E-state index in [9.17, 15) is 4.79 Å². The Morgan fingerprint density at radius 3 is 2.79 bits per heavy atom.